The number of ether oxygens (including phenoxy) is 1. The normalized spacial score (nSPS) is 24.9. The van der Waals surface area contributed by atoms with Crippen LogP contribution in [0.1, 0.15) is 45.6 Å². The SMILES string of the molecule is CCCNC1C(Oc2ccc(C)cc2Cl)CCC1(C)C. The fourth-order valence-electron chi connectivity index (χ4n) is 3.04. The zero-order valence-corrected chi connectivity index (χ0v) is 13.8. The molecule has 1 fully saturated rings. The molecule has 0 radical (unpaired) electrons. The Morgan fingerprint density at radius 3 is 2.80 bits per heavy atom. The van der Waals surface area contributed by atoms with Gasteiger partial charge in [-0.15, -0.1) is 0 Å². The third-order valence-electron chi connectivity index (χ3n) is 4.27. The standard InChI is InChI=1S/C17H26ClNO/c1-5-10-19-16-15(8-9-17(16,3)4)20-14-7-6-12(2)11-13(14)18/h6-7,11,15-16,19H,5,8-10H2,1-4H3. The number of benzene rings is 1. The van der Waals surface area contributed by atoms with E-state index in [2.05, 4.69) is 32.2 Å². The van der Waals surface area contributed by atoms with Crippen molar-refractivity contribution in [2.75, 3.05) is 6.54 Å². The van der Waals surface area contributed by atoms with Gasteiger partial charge in [-0.2, -0.15) is 0 Å². The van der Waals surface area contributed by atoms with Crippen molar-refractivity contribution in [3.05, 3.63) is 28.8 Å². The third-order valence-corrected chi connectivity index (χ3v) is 4.56. The van der Waals surface area contributed by atoms with Crippen molar-refractivity contribution in [2.24, 2.45) is 5.41 Å². The van der Waals surface area contributed by atoms with Crippen molar-refractivity contribution in [3.8, 4) is 5.75 Å². The van der Waals surface area contributed by atoms with Gasteiger partial charge in [0.2, 0.25) is 0 Å². The van der Waals surface area contributed by atoms with Crippen LogP contribution in [0.3, 0.4) is 0 Å². The van der Waals surface area contributed by atoms with Crippen LogP contribution in [0, 0.1) is 12.3 Å². The van der Waals surface area contributed by atoms with Gasteiger partial charge < -0.3 is 10.1 Å². The lowest BCUT2D eigenvalue weighted by Crippen LogP contribution is -2.47. The van der Waals surface area contributed by atoms with E-state index in [4.69, 9.17) is 16.3 Å². The Morgan fingerprint density at radius 2 is 2.15 bits per heavy atom. The van der Waals surface area contributed by atoms with Gasteiger partial charge in [0.15, 0.2) is 0 Å². The predicted molar refractivity (Wildman–Crippen MR) is 85.7 cm³/mol. The Labute approximate surface area is 127 Å². The van der Waals surface area contributed by atoms with Gasteiger partial charge >= 0.3 is 0 Å². The highest BCUT2D eigenvalue weighted by Gasteiger charge is 2.43. The van der Waals surface area contributed by atoms with Gasteiger partial charge in [0.05, 0.1) is 5.02 Å². The molecule has 1 aromatic rings. The fourth-order valence-corrected chi connectivity index (χ4v) is 3.32. The summed E-state index contributed by atoms with van der Waals surface area (Å²) in [6.45, 7) is 9.91. The first-order valence-corrected chi connectivity index (χ1v) is 7.98. The van der Waals surface area contributed by atoms with Crippen LogP contribution in [0.4, 0.5) is 0 Å². The first-order chi connectivity index (χ1) is 9.44. The number of rotatable bonds is 5. The van der Waals surface area contributed by atoms with Gasteiger partial charge in [0, 0.05) is 6.04 Å². The van der Waals surface area contributed by atoms with Crippen molar-refractivity contribution in [2.45, 2.75) is 59.1 Å². The second-order valence-corrected chi connectivity index (χ2v) is 6.96. The van der Waals surface area contributed by atoms with E-state index in [1.54, 1.807) is 0 Å². The number of hydrogen-bond donors (Lipinski definition) is 1. The molecule has 1 aliphatic carbocycles. The van der Waals surface area contributed by atoms with Crippen LogP contribution in [0.15, 0.2) is 18.2 Å². The number of hydrogen-bond acceptors (Lipinski definition) is 2. The average molecular weight is 296 g/mol. The summed E-state index contributed by atoms with van der Waals surface area (Å²) in [4.78, 5) is 0. The van der Waals surface area contributed by atoms with E-state index in [1.165, 1.54) is 6.42 Å². The molecule has 0 bridgehead atoms. The number of halogens is 1. The summed E-state index contributed by atoms with van der Waals surface area (Å²) in [7, 11) is 0. The van der Waals surface area contributed by atoms with E-state index in [0.29, 0.717) is 11.1 Å². The van der Waals surface area contributed by atoms with Gasteiger partial charge in [-0.3, -0.25) is 0 Å². The molecule has 0 aromatic heterocycles. The Kier molecular flexibility index (Phi) is 4.98. The van der Waals surface area contributed by atoms with Crippen LogP contribution in [0.25, 0.3) is 0 Å². The first kappa shape index (κ1) is 15.7. The summed E-state index contributed by atoms with van der Waals surface area (Å²) in [5, 5.41) is 4.37. The molecule has 1 N–H and O–H groups in total. The van der Waals surface area contributed by atoms with Crippen LogP contribution in [-0.2, 0) is 0 Å². The zero-order valence-electron chi connectivity index (χ0n) is 13.0. The van der Waals surface area contributed by atoms with E-state index >= 15 is 0 Å². The van der Waals surface area contributed by atoms with Gasteiger partial charge in [-0.05, 0) is 55.8 Å². The van der Waals surface area contributed by atoms with Crippen LogP contribution in [0.5, 0.6) is 5.75 Å². The lowest BCUT2D eigenvalue weighted by molar-refractivity contribution is 0.140. The molecule has 1 aromatic carbocycles. The van der Waals surface area contributed by atoms with Gasteiger partial charge in [-0.1, -0.05) is 38.4 Å². The maximum Gasteiger partial charge on any atom is 0.138 e. The van der Waals surface area contributed by atoms with E-state index in [1.807, 2.05) is 19.1 Å². The Bertz CT molecular complexity index is 458. The number of nitrogens with one attached hydrogen (secondary N) is 1. The lowest BCUT2D eigenvalue weighted by atomic mass is 9.87. The summed E-state index contributed by atoms with van der Waals surface area (Å²) in [5.74, 6) is 0.809. The van der Waals surface area contributed by atoms with Crippen molar-refractivity contribution >= 4 is 11.6 Å². The molecule has 2 atom stereocenters. The molecule has 2 nitrogen and oxygen atoms in total. The van der Waals surface area contributed by atoms with Gasteiger partial charge in [-0.25, -0.2) is 0 Å². The Balaban J connectivity index is 2.11. The van der Waals surface area contributed by atoms with E-state index in [9.17, 15) is 0 Å². The monoisotopic (exact) mass is 295 g/mol. The molecule has 1 aliphatic rings. The quantitative estimate of drug-likeness (QED) is 0.858. The van der Waals surface area contributed by atoms with Crippen molar-refractivity contribution in [3.63, 3.8) is 0 Å². The second-order valence-electron chi connectivity index (χ2n) is 6.55. The highest BCUT2D eigenvalue weighted by molar-refractivity contribution is 6.32. The van der Waals surface area contributed by atoms with Crippen LogP contribution >= 0.6 is 11.6 Å². The summed E-state index contributed by atoms with van der Waals surface area (Å²) >= 11 is 6.29. The summed E-state index contributed by atoms with van der Waals surface area (Å²) in [6, 6.07) is 6.39. The maximum absolute atomic E-state index is 6.29. The molecular formula is C17H26ClNO. The summed E-state index contributed by atoms with van der Waals surface area (Å²) < 4.78 is 6.21. The van der Waals surface area contributed by atoms with Crippen LogP contribution in [-0.4, -0.2) is 18.7 Å². The molecule has 0 amide bonds. The first-order valence-electron chi connectivity index (χ1n) is 7.60. The Hall–Kier alpha value is -0.730. The van der Waals surface area contributed by atoms with E-state index in [-0.39, 0.29) is 11.5 Å². The molecule has 3 heteroatoms. The van der Waals surface area contributed by atoms with Crippen LogP contribution < -0.4 is 10.1 Å². The lowest BCUT2D eigenvalue weighted by Gasteiger charge is -2.32. The molecule has 112 valence electrons. The molecule has 1 saturated carbocycles. The van der Waals surface area contributed by atoms with Gasteiger partial charge in [0.25, 0.3) is 0 Å². The van der Waals surface area contributed by atoms with E-state index < -0.39 is 0 Å². The minimum Gasteiger partial charge on any atom is -0.487 e. The summed E-state index contributed by atoms with van der Waals surface area (Å²) in [5.41, 5.74) is 1.44. The topological polar surface area (TPSA) is 21.3 Å². The molecule has 2 unspecified atom stereocenters. The minimum absolute atomic E-state index is 0.205. The maximum atomic E-state index is 6.29. The molecule has 0 heterocycles. The fraction of sp³-hybridized carbons (Fsp3) is 0.647. The van der Waals surface area contributed by atoms with Crippen molar-refractivity contribution < 1.29 is 4.74 Å². The van der Waals surface area contributed by atoms with E-state index in [0.717, 1.165) is 30.7 Å². The molecule has 0 aliphatic heterocycles. The third kappa shape index (κ3) is 3.48. The predicted octanol–water partition coefficient (Wildman–Crippen LogP) is 4.58. The van der Waals surface area contributed by atoms with Crippen molar-refractivity contribution in [1.29, 1.82) is 0 Å². The Morgan fingerprint density at radius 1 is 1.40 bits per heavy atom. The minimum atomic E-state index is 0.205. The van der Waals surface area contributed by atoms with Crippen LogP contribution in [0.2, 0.25) is 5.02 Å². The number of aryl methyl sites for hydroxylation is 1. The van der Waals surface area contributed by atoms with Gasteiger partial charge in [0.1, 0.15) is 11.9 Å². The zero-order chi connectivity index (χ0) is 14.8. The largest absolute Gasteiger partial charge is 0.487 e. The summed E-state index contributed by atoms with van der Waals surface area (Å²) in [6.07, 6.45) is 3.61. The molecule has 20 heavy (non-hydrogen) atoms. The molecular weight excluding hydrogens is 270 g/mol. The molecule has 2 rings (SSSR count). The molecule has 0 saturated heterocycles. The molecule has 0 spiro atoms. The second kappa shape index (κ2) is 6.36. The highest BCUT2D eigenvalue weighted by Crippen LogP contribution is 2.40. The smallest absolute Gasteiger partial charge is 0.138 e. The highest BCUT2D eigenvalue weighted by atomic mass is 35.5. The average Bonchev–Trinajstić information content (AvgIpc) is 2.65. The van der Waals surface area contributed by atoms with Crippen molar-refractivity contribution in [1.82, 2.24) is 5.32 Å².